The number of rotatable bonds is 11. The van der Waals surface area contributed by atoms with Gasteiger partial charge in [-0.15, -0.1) is 0 Å². The van der Waals surface area contributed by atoms with E-state index in [-0.39, 0.29) is 35.8 Å². The largest absolute Gasteiger partial charge is 0.434 e. The van der Waals surface area contributed by atoms with Crippen molar-refractivity contribution in [2.45, 2.75) is 80.3 Å². The number of ether oxygens (including phenoxy) is 3. The van der Waals surface area contributed by atoms with Crippen LogP contribution in [-0.4, -0.2) is 24.0 Å². The van der Waals surface area contributed by atoms with E-state index in [4.69, 9.17) is 14.2 Å². The topological polar surface area (TPSA) is 68.3 Å². The molecule has 7 nitrogen and oxygen atoms in total. The summed E-state index contributed by atoms with van der Waals surface area (Å²) in [5.74, 6) is -0.371. The van der Waals surface area contributed by atoms with Crippen molar-refractivity contribution in [1.82, 2.24) is 0 Å². The summed E-state index contributed by atoms with van der Waals surface area (Å²) in [6.45, 7) is 23.9. The van der Waals surface area contributed by atoms with Crippen LogP contribution in [0.1, 0.15) is 62.8 Å². The Morgan fingerprint density at radius 3 is 2.03 bits per heavy atom. The molecule has 5 unspecified atom stereocenters. The van der Waals surface area contributed by atoms with Gasteiger partial charge in [-0.3, -0.25) is 0 Å². The van der Waals surface area contributed by atoms with Crippen LogP contribution in [0.4, 0.5) is 17.1 Å². The highest BCUT2D eigenvalue weighted by Crippen LogP contribution is 2.46. The summed E-state index contributed by atoms with van der Waals surface area (Å²) in [5.41, 5.74) is 15.5. The third-order valence-corrected chi connectivity index (χ3v) is 13.2. The van der Waals surface area contributed by atoms with Crippen LogP contribution in [0.15, 0.2) is 186 Å². The van der Waals surface area contributed by atoms with E-state index in [2.05, 4.69) is 168 Å². The molecular formula is C57H58N2O5. The lowest BCUT2D eigenvalue weighted by Gasteiger charge is -2.45. The van der Waals surface area contributed by atoms with Crippen molar-refractivity contribution in [1.29, 1.82) is 0 Å². The highest BCUT2D eigenvalue weighted by molar-refractivity contribution is 5.88. The molecule has 326 valence electrons. The first kappa shape index (κ1) is 43.8. The fraction of sp³-hybridized carbons (Fsp3) is 0.263. The van der Waals surface area contributed by atoms with Crippen molar-refractivity contribution in [3.8, 4) is 11.1 Å². The Bertz CT molecular complexity index is 2750. The van der Waals surface area contributed by atoms with E-state index in [1.807, 2.05) is 18.2 Å². The normalized spacial score (nSPS) is 21.9. The Morgan fingerprint density at radius 1 is 0.688 bits per heavy atom. The van der Waals surface area contributed by atoms with Crippen molar-refractivity contribution >= 4 is 29.0 Å². The molecule has 0 saturated heterocycles. The first-order valence-electron chi connectivity index (χ1n) is 22.2. The Morgan fingerprint density at radius 2 is 1.36 bits per heavy atom. The number of aryl methyl sites for hydroxylation is 4. The number of nitrogens with zero attached hydrogens (tertiary/aromatic N) is 2. The van der Waals surface area contributed by atoms with E-state index in [1.54, 1.807) is 20.1 Å². The number of carbonyl (C=O) groups is 2. The molecule has 1 aliphatic heterocycles. The maximum absolute atomic E-state index is 12.7. The molecule has 8 rings (SSSR count). The molecule has 0 N–H and O–H groups in total. The highest BCUT2D eigenvalue weighted by Gasteiger charge is 2.39. The standard InChI is InChI=1S/C57H58N2O5/c1-34(2)55(60)63-54-19-13-14-46-48(54)15-11-17-52(46)58(44-24-20-36(5)38(7)32-44)50-26-22-42(30-40(50)9)43-23-27-51(41(10)31-43)59(45-25-21-37(6)39(8)33-45)53-18-12-16-49-47(53)28-29-62-57(49)64-56(61)35(3)4/h11-17,19-24,26-33,45-48,53H,1,3,18,25H2,2,4-10H3. The number of fused-ring (bicyclic) bond motifs is 2. The number of esters is 2. The molecule has 0 fully saturated rings. The van der Waals surface area contributed by atoms with Crippen LogP contribution < -0.4 is 9.80 Å². The minimum atomic E-state index is -0.504. The zero-order chi connectivity index (χ0) is 45.4. The second kappa shape index (κ2) is 18.1. The predicted molar refractivity (Wildman–Crippen MR) is 259 cm³/mol. The van der Waals surface area contributed by atoms with Gasteiger partial charge in [0.05, 0.1) is 12.3 Å². The van der Waals surface area contributed by atoms with E-state index >= 15 is 0 Å². The lowest BCUT2D eigenvalue weighted by atomic mass is 9.80. The van der Waals surface area contributed by atoms with Crippen molar-refractivity contribution in [3.63, 3.8) is 0 Å². The Kier molecular flexibility index (Phi) is 12.4. The molecule has 7 heteroatoms. The minimum Gasteiger partial charge on any atom is -0.434 e. The zero-order valence-electron chi connectivity index (χ0n) is 38.3. The first-order valence-corrected chi connectivity index (χ1v) is 22.2. The summed E-state index contributed by atoms with van der Waals surface area (Å²) in [4.78, 5) is 30.3. The molecule has 1 heterocycles. The molecule has 0 saturated carbocycles. The smallest absolute Gasteiger partial charge is 0.340 e. The number of carbonyl (C=O) groups excluding carboxylic acids is 2. The van der Waals surface area contributed by atoms with Gasteiger partial charge in [-0.1, -0.05) is 91.1 Å². The summed E-state index contributed by atoms with van der Waals surface area (Å²) in [6, 6.07) is 20.3. The lowest BCUT2D eigenvalue weighted by Crippen LogP contribution is -2.48. The highest BCUT2D eigenvalue weighted by atomic mass is 16.7. The van der Waals surface area contributed by atoms with Gasteiger partial charge in [0.15, 0.2) is 0 Å². The molecule has 0 amide bonds. The van der Waals surface area contributed by atoms with E-state index in [9.17, 15) is 9.59 Å². The molecule has 0 aromatic heterocycles. The monoisotopic (exact) mass is 850 g/mol. The maximum Gasteiger partial charge on any atom is 0.340 e. The molecule has 5 aliphatic rings. The van der Waals surface area contributed by atoms with Gasteiger partial charge < -0.3 is 24.0 Å². The average molecular weight is 851 g/mol. The molecule has 0 spiro atoms. The van der Waals surface area contributed by atoms with Gasteiger partial charge in [-0.25, -0.2) is 9.59 Å². The fourth-order valence-corrected chi connectivity index (χ4v) is 9.36. The van der Waals surface area contributed by atoms with Crippen LogP contribution in [0.3, 0.4) is 0 Å². The fourth-order valence-electron chi connectivity index (χ4n) is 9.36. The summed E-state index contributed by atoms with van der Waals surface area (Å²) in [5, 5.41) is 0. The van der Waals surface area contributed by atoms with Gasteiger partial charge in [0.25, 0.3) is 5.95 Å². The number of benzene rings is 3. The van der Waals surface area contributed by atoms with Gasteiger partial charge in [0.2, 0.25) is 0 Å². The van der Waals surface area contributed by atoms with Crippen LogP contribution in [0.5, 0.6) is 0 Å². The molecule has 3 aromatic rings. The third kappa shape index (κ3) is 8.59. The van der Waals surface area contributed by atoms with Crippen LogP contribution >= 0.6 is 0 Å². The second-order valence-electron chi connectivity index (χ2n) is 17.8. The summed E-state index contributed by atoms with van der Waals surface area (Å²) in [7, 11) is 0. The SMILES string of the molecule is C=C(C)C(=O)OC1=CC=CC2C(N(c3ccc(C)c(C)c3)c3ccc(-c4ccc(N(C5C=C(C)C(C)=CC5)C5CC=CC6=C(OC(=O)C(=C)C)OC=CC65)c(C)c4)cc3C)=CC=CC12. The van der Waals surface area contributed by atoms with Crippen molar-refractivity contribution < 1.29 is 23.8 Å². The number of anilines is 3. The summed E-state index contributed by atoms with van der Waals surface area (Å²) < 4.78 is 17.4. The van der Waals surface area contributed by atoms with Crippen molar-refractivity contribution in [2.75, 3.05) is 9.80 Å². The molecule has 0 radical (unpaired) electrons. The van der Waals surface area contributed by atoms with Crippen molar-refractivity contribution in [2.24, 2.45) is 17.8 Å². The van der Waals surface area contributed by atoms with E-state index in [0.29, 0.717) is 16.9 Å². The van der Waals surface area contributed by atoms with Crippen LogP contribution in [-0.2, 0) is 23.8 Å². The molecule has 5 atom stereocenters. The van der Waals surface area contributed by atoms with Crippen LogP contribution in [0.2, 0.25) is 0 Å². The van der Waals surface area contributed by atoms with Gasteiger partial charge in [-0.2, -0.15) is 0 Å². The minimum absolute atomic E-state index is 0.0364. The van der Waals surface area contributed by atoms with Crippen LogP contribution in [0.25, 0.3) is 11.1 Å². The number of hydrogen-bond acceptors (Lipinski definition) is 7. The van der Waals surface area contributed by atoms with E-state index in [1.165, 1.54) is 27.8 Å². The lowest BCUT2D eigenvalue weighted by molar-refractivity contribution is -0.139. The van der Waals surface area contributed by atoms with Gasteiger partial charge in [-0.05, 0) is 156 Å². The summed E-state index contributed by atoms with van der Waals surface area (Å²) in [6.07, 6.45) is 26.8. The van der Waals surface area contributed by atoms with Gasteiger partial charge in [0, 0.05) is 63.3 Å². The van der Waals surface area contributed by atoms with E-state index < -0.39 is 11.9 Å². The zero-order valence-corrected chi connectivity index (χ0v) is 38.3. The molecule has 64 heavy (non-hydrogen) atoms. The maximum atomic E-state index is 12.7. The molecule has 4 aliphatic carbocycles. The summed E-state index contributed by atoms with van der Waals surface area (Å²) >= 11 is 0. The number of hydrogen-bond donors (Lipinski definition) is 0. The van der Waals surface area contributed by atoms with Gasteiger partial charge in [0.1, 0.15) is 5.76 Å². The predicted octanol–water partition coefficient (Wildman–Crippen LogP) is 13.3. The second-order valence-corrected chi connectivity index (χ2v) is 17.8. The van der Waals surface area contributed by atoms with Gasteiger partial charge >= 0.3 is 11.9 Å². The quantitative estimate of drug-likeness (QED) is 0.141. The van der Waals surface area contributed by atoms with Crippen molar-refractivity contribution in [3.05, 3.63) is 208 Å². The molecule has 3 aromatic carbocycles. The third-order valence-electron chi connectivity index (χ3n) is 13.2. The molecular weight excluding hydrogens is 793 g/mol. The average Bonchev–Trinajstić information content (AvgIpc) is 3.27. The van der Waals surface area contributed by atoms with Crippen LogP contribution in [0, 0.1) is 45.4 Å². The molecule has 0 bridgehead atoms. The Hall–Kier alpha value is -6.86. The Labute approximate surface area is 378 Å². The number of allylic oxidation sites excluding steroid dienone is 9. The first-order chi connectivity index (χ1) is 30.7. The Balaban J connectivity index is 1.15. The van der Waals surface area contributed by atoms with E-state index in [0.717, 1.165) is 57.9 Å².